The van der Waals surface area contributed by atoms with Crippen LogP contribution in [-0.2, 0) is 6.54 Å². The van der Waals surface area contributed by atoms with Gasteiger partial charge in [0.05, 0.1) is 0 Å². The summed E-state index contributed by atoms with van der Waals surface area (Å²) in [5.74, 6) is 0.373. The zero-order chi connectivity index (χ0) is 13.0. The van der Waals surface area contributed by atoms with Gasteiger partial charge >= 0.3 is 0 Å². The van der Waals surface area contributed by atoms with Gasteiger partial charge in [-0.05, 0) is 32.6 Å². The normalized spacial score (nSPS) is 25.6. The van der Waals surface area contributed by atoms with Crippen LogP contribution < -0.4 is 0 Å². The molecule has 100 valence electrons. The molecule has 1 heterocycles. The first-order valence-corrected chi connectivity index (χ1v) is 6.74. The summed E-state index contributed by atoms with van der Waals surface area (Å²) in [7, 11) is 4.22. The van der Waals surface area contributed by atoms with E-state index in [2.05, 4.69) is 54.2 Å². The van der Waals surface area contributed by atoms with Gasteiger partial charge in [0.2, 0.25) is 0 Å². The SMILES string of the molecule is CN(C)[C@@H]1CCN(Cc2ccccc2)C[C@H]1CO. The summed E-state index contributed by atoms with van der Waals surface area (Å²) in [6, 6.07) is 11.1. The molecular formula is C15H24N2O. The predicted molar refractivity (Wildman–Crippen MR) is 74.4 cm³/mol. The van der Waals surface area contributed by atoms with Crippen molar-refractivity contribution >= 4 is 0 Å². The maximum Gasteiger partial charge on any atom is 0.0486 e. The largest absolute Gasteiger partial charge is 0.396 e. The van der Waals surface area contributed by atoms with Gasteiger partial charge in [0, 0.05) is 31.7 Å². The molecule has 3 nitrogen and oxygen atoms in total. The molecule has 1 fully saturated rings. The van der Waals surface area contributed by atoms with E-state index >= 15 is 0 Å². The minimum atomic E-state index is 0.286. The molecule has 3 heteroatoms. The van der Waals surface area contributed by atoms with Gasteiger partial charge in [0.1, 0.15) is 0 Å². The van der Waals surface area contributed by atoms with Crippen molar-refractivity contribution in [3.63, 3.8) is 0 Å². The number of aliphatic hydroxyl groups is 1. The first-order chi connectivity index (χ1) is 8.70. The fraction of sp³-hybridized carbons (Fsp3) is 0.600. The Labute approximate surface area is 110 Å². The summed E-state index contributed by atoms with van der Waals surface area (Å²) in [6.07, 6.45) is 1.14. The van der Waals surface area contributed by atoms with Crippen LogP contribution in [0, 0.1) is 5.92 Å². The molecule has 1 aliphatic rings. The molecule has 0 bridgehead atoms. The van der Waals surface area contributed by atoms with Crippen LogP contribution in [0.5, 0.6) is 0 Å². The van der Waals surface area contributed by atoms with Gasteiger partial charge in [0.25, 0.3) is 0 Å². The third kappa shape index (κ3) is 3.31. The average Bonchev–Trinajstić information content (AvgIpc) is 2.39. The Bertz CT molecular complexity index is 353. The van der Waals surface area contributed by atoms with E-state index in [1.165, 1.54) is 5.56 Å². The Morgan fingerprint density at radius 2 is 2.00 bits per heavy atom. The molecule has 2 atom stereocenters. The topological polar surface area (TPSA) is 26.7 Å². The van der Waals surface area contributed by atoms with Crippen LogP contribution in [0.25, 0.3) is 0 Å². The van der Waals surface area contributed by atoms with E-state index in [0.29, 0.717) is 12.0 Å². The monoisotopic (exact) mass is 248 g/mol. The Kier molecular flexibility index (Phi) is 4.75. The molecular weight excluding hydrogens is 224 g/mol. The summed E-state index contributed by atoms with van der Waals surface area (Å²) in [4.78, 5) is 4.71. The number of likely N-dealkylation sites (tertiary alicyclic amines) is 1. The molecule has 0 unspecified atom stereocenters. The van der Waals surface area contributed by atoms with Crippen molar-refractivity contribution in [2.45, 2.75) is 19.0 Å². The molecule has 2 rings (SSSR count). The molecule has 0 radical (unpaired) electrons. The molecule has 0 aliphatic carbocycles. The van der Waals surface area contributed by atoms with Crippen molar-refractivity contribution in [1.29, 1.82) is 0 Å². The highest BCUT2D eigenvalue weighted by molar-refractivity contribution is 5.14. The van der Waals surface area contributed by atoms with Crippen LogP contribution in [0.3, 0.4) is 0 Å². The molecule has 0 amide bonds. The molecule has 0 aromatic heterocycles. The van der Waals surface area contributed by atoms with Crippen LogP contribution in [0.1, 0.15) is 12.0 Å². The van der Waals surface area contributed by atoms with Crippen molar-refractivity contribution in [2.24, 2.45) is 5.92 Å². The van der Waals surface area contributed by atoms with Crippen molar-refractivity contribution in [1.82, 2.24) is 9.80 Å². The van der Waals surface area contributed by atoms with Gasteiger partial charge in [-0.2, -0.15) is 0 Å². The zero-order valence-electron chi connectivity index (χ0n) is 11.4. The van der Waals surface area contributed by atoms with Crippen LogP contribution in [0.2, 0.25) is 0 Å². The van der Waals surface area contributed by atoms with Gasteiger partial charge < -0.3 is 10.0 Å². The molecule has 1 N–H and O–H groups in total. The van der Waals surface area contributed by atoms with E-state index in [4.69, 9.17) is 0 Å². The highest BCUT2D eigenvalue weighted by Crippen LogP contribution is 2.21. The standard InChI is InChI=1S/C15H24N2O/c1-16(2)15-8-9-17(11-14(15)12-18)10-13-6-4-3-5-7-13/h3-7,14-15,18H,8-12H2,1-2H3/t14-,15+/m0/s1. The van der Waals surface area contributed by atoms with Crippen molar-refractivity contribution in [3.8, 4) is 0 Å². The van der Waals surface area contributed by atoms with Gasteiger partial charge in [-0.15, -0.1) is 0 Å². The second-order valence-electron chi connectivity index (χ2n) is 5.48. The second-order valence-corrected chi connectivity index (χ2v) is 5.48. The second kappa shape index (κ2) is 6.32. The third-order valence-electron chi connectivity index (χ3n) is 3.92. The van der Waals surface area contributed by atoms with Gasteiger partial charge in [0.15, 0.2) is 0 Å². The quantitative estimate of drug-likeness (QED) is 0.873. The summed E-state index contributed by atoms with van der Waals surface area (Å²) in [5.41, 5.74) is 1.36. The molecule has 1 saturated heterocycles. The number of hydrogen-bond donors (Lipinski definition) is 1. The first kappa shape index (κ1) is 13.5. The Morgan fingerprint density at radius 3 is 2.61 bits per heavy atom. The lowest BCUT2D eigenvalue weighted by Gasteiger charge is -2.40. The first-order valence-electron chi connectivity index (χ1n) is 6.74. The van der Waals surface area contributed by atoms with Crippen LogP contribution in [0.4, 0.5) is 0 Å². The molecule has 0 saturated carbocycles. The molecule has 1 aliphatic heterocycles. The van der Waals surface area contributed by atoms with Crippen LogP contribution in [0.15, 0.2) is 30.3 Å². The maximum absolute atomic E-state index is 9.54. The van der Waals surface area contributed by atoms with E-state index in [0.717, 1.165) is 26.1 Å². The lowest BCUT2D eigenvalue weighted by Crippen LogP contribution is -2.49. The maximum atomic E-state index is 9.54. The fourth-order valence-electron chi connectivity index (χ4n) is 2.94. The van der Waals surface area contributed by atoms with Gasteiger partial charge in [-0.3, -0.25) is 4.90 Å². The van der Waals surface area contributed by atoms with Crippen molar-refractivity contribution in [2.75, 3.05) is 33.8 Å². The summed E-state index contributed by atoms with van der Waals surface area (Å²) >= 11 is 0. The number of piperidine rings is 1. The fourth-order valence-corrected chi connectivity index (χ4v) is 2.94. The smallest absolute Gasteiger partial charge is 0.0486 e. The lowest BCUT2D eigenvalue weighted by molar-refractivity contribution is 0.0454. The average molecular weight is 248 g/mol. The number of hydrogen-bond acceptors (Lipinski definition) is 3. The summed E-state index contributed by atoms with van der Waals surface area (Å²) in [6.45, 7) is 3.40. The highest BCUT2D eigenvalue weighted by Gasteiger charge is 2.29. The number of rotatable bonds is 4. The zero-order valence-corrected chi connectivity index (χ0v) is 11.4. The lowest BCUT2D eigenvalue weighted by atomic mass is 9.91. The number of aliphatic hydroxyl groups excluding tert-OH is 1. The number of benzene rings is 1. The molecule has 0 spiro atoms. The Balaban J connectivity index is 1.93. The molecule has 1 aromatic carbocycles. The van der Waals surface area contributed by atoms with E-state index in [9.17, 15) is 5.11 Å². The molecule has 1 aromatic rings. The number of nitrogens with zero attached hydrogens (tertiary/aromatic N) is 2. The predicted octanol–water partition coefficient (Wildman–Crippen LogP) is 1.43. The van der Waals surface area contributed by atoms with Gasteiger partial charge in [-0.25, -0.2) is 0 Å². The Hall–Kier alpha value is -0.900. The summed E-state index contributed by atoms with van der Waals surface area (Å²) < 4.78 is 0. The minimum Gasteiger partial charge on any atom is -0.396 e. The van der Waals surface area contributed by atoms with Crippen molar-refractivity contribution < 1.29 is 5.11 Å². The van der Waals surface area contributed by atoms with E-state index in [1.54, 1.807) is 0 Å². The summed E-state index contributed by atoms with van der Waals surface area (Å²) in [5, 5.41) is 9.54. The minimum absolute atomic E-state index is 0.286. The highest BCUT2D eigenvalue weighted by atomic mass is 16.3. The van der Waals surface area contributed by atoms with Crippen LogP contribution in [-0.4, -0.2) is 54.7 Å². The van der Waals surface area contributed by atoms with Crippen LogP contribution >= 0.6 is 0 Å². The van der Waals surface area contributed by atoms with Crippen molar-refractivity contribution in [3.05, 3.63) is 35.9 Å². The van der Waals surface area contributed by atoms with E-state index < -0.39 is 0 Å². The third-order valence-corrected chi connectivity index (χ3v) is 3.92. The van der Waals surface area contributed by atoms with Gasteiger partial charge in [-0.1, -0.05) is 30.3 Å². The van der Waals surface area contributed by atoms with E-state index in [-0.39, 0.29) is 6.61 Å². The molecule has 18 heavy (non-hydrogen) atoms. The van der Waals surface area contributed by atoms with E-state index in [1.807, 2.05) is 0 Å². The Morgan fingerprint density at radius 1 is 1.28 bits per heavy atom.